The Morgan fingerprint density at radius 1 is 1.08 bits per heavy atom. The van der Waals surface area contributed by atoms with Crippen molar-refractivity contribution in [3.8, 4) is 0 Å². The standard InChI is InChI=1S/C18H30N2O4S2/c1-13(2)17-10-9-14(3)11-18(17)19-25(21,22)15-7-6-8-16(12-15)26(23,24)20(4)5/h6-8,12-14,17-19H,9-11H2,1-5H3/t14-,17+,18-/m0/s1. The Hall–Kier alpha value is -0.960. The summed E-state index contributed by atoms with van der Waals surface area (Å²) >= 11 is 0. The highest BCUT2D eigenvalue weighted by molar-refractivity contribution is 7.90. The maximum absolute atomic E-state index is 12.9. The van der Waals surface area contributed by atoms with Gasteiger partial charge in [-0.25, -0.2) is 25.9 Å². The van der Waals surface area contributed by atoms with Gasteiger partial charge in [0.1, 0.15) is 0 Å². The normalized spacial score (nSPS) is 25.0. The summed E-state index contributed by atoms with van der Waals surface area (Å²) in [6.45, 7) is 6.38. The molecule has 1 fully saturated rings. The second-order valence-corrected chi connectivity index (χ2v) is 11.7. The Bertz CT molecular complexity index is 833. The van der Waals surface area contributed by atoms with Gasteiger partial charge in [-0.3, -0.25) is 0 Å². The molecule has 0 heterocycles. The van der Waals surface area contributed by atoms with E-state index in [1.54, 1.807) is 0 Å². The predicted octanol–water partition coefficient (Wildman–Crippen LogP) is 2.68. The number of benzene rings is 1. The van der Waals surface area contributed by atoms with Gasteiger partial charge in [-0.1, -0.05) is 33.3 Å². The average molecular weight is 403 g/mol. The molecule has 0 unspecified atom stereocenters. The topological polar surface area (TPSA) is 83.5 Å². The quantitative estimate of drug-likeness (QED) is 0.793. The summed E-state index contributed by atoms with van der Waals surface area (Å²) in [4.78, 5) is -0.0380. The number of hydrogen-bond donors (Lipinski definition) is 1. The number of nitrogens with one attached hydrogen (secondary N) is 1. The fourth-order valence-corrected chi connectivity index (χ4v) is 5.99. The van der Waals surface area contributed by atoms with Crippen LogP contribution in [0, 0.1) is 17.8 Å². The van der Waals surface area contributed by atoms with Crippen molar-refractivity contribution in [2.24, 2.45) is 17.8 Å². The van der Waals surface area contributed by atoms with E-state index in [2.05, 4.69) is 25.5 Å². The van der Waals surface area contributed by atoms with Crippen LogP contribution >= 0.6 is 0 Å². The third-order valence-electron chi connectivity index (χ3n) is 5.22. The van der Waals surface area contributed by atoms with Gasteiger partial charge >= 0.3 is 0 Å². The smallest absolute Gasteiger partial charge is 0.208 e. The Labute approximate surface area is 158 Å². The number of hydrogen-bond acceptors (Lipinski definition) is 4. The molecule has 1 aliphatic carbocycles. The molecule has 2 rings (SSSR count). The Morgan fingerprint density at radius 3 is 2.27 bits per heavy atom. The van der Waals surface area contributed by atoms with Crippen molar-refractivity contribution in [3.63, 3.8) is 0 Å². The average Bonchev–Trinajstić information content (AvgIpc) is 2.54. The molecule has 0 aliphatic heterocycles. The van der Waals surface area contributed by atoms with Crippen LogP contribution in [0.25, 0.3) is 0 Å². The first kappa shape index (κ1) is 21.3. The molecular formula is C18H30N2O4S2. The first-order valence-electron chi connectivity index (χ1n) is 9.00. The summed E-state index contributed by atoms with van der Waals surface area (Å²) in [6.07, 6.45) is 2.91. The lowest BCUT2D eigenvalue weighted by molar-refractivity contribution is 0.188. The lowest BCUT2D eigenvalue weighted by atomic mass is 9.74. The van der Waals surface area contributed by atoms with Crippen LogP contribution in [0.3, 0.4) is 0 Å². The van der Waals surface area contributed by atoms with Crippen LogP contribution < -0.4 is 4.72 Å². The molecule has 0 aromatic heterocycles. The molecule has 26 heavy (non-hydrogen) atoms. The second kappa shape index (κ2) is 7.96. The molecule has 1 saturated carbocycles. The lowest BCUT2D eigenvalue weighted by Crippen LogP contribution is -2.45. The molecular weight excluding hydrogens is 372 g/mol. The zero-order valence-corrected chi connectivity index (χ0v) is 17.8. The van der Waals surface area contributed by atoms with Gasteiger partial charge in [-0.2, -0.15) is 0 Å². The highest BCUT2D eigenvalue weighted by Crippen LogP contribution is 2.34. The molecule has 0 bridgehead atoms. The third kappa shape index (κ3) is 4.65. The van der Waals surface area contributed by atoms with Gasteiger partial charge in [0.05, 0.1) is 9.79 Å². The number of rotatable bonds is 6. The zero-order valence-electron chi connectivity index (χ0n) is 16.1. The van der Waals surface area contributed by atoms with Crippen LogP contribution in [-0.2, 0) is 20.0 Å². The molecule has 1 aromatic rings. The molecule has 0 amide bonds. The molecule has 0 radical (unpaired) electrons. The fourth-order valence-electron chi connectivity index (χ4n) is 3.62. The van der Waals surface area contributed by atoms with E-state index in [9.17, 15) is 16.8 Å². The van der Waals surface area contributed by atoms with Gasteiger partial charge in [0, 0.05) is 20.1 Å². The van der Waals surface area contributed by atoms with E-state index < -0.39 is 20.0 Å². The summed E-state index contributed by atoms with van der Waals surface area (Å²) in [5.41, 5.74) is 0. The molecule has 1 aliphatic rings. The van der Waals surface area contributed by atoms with E-state index in [0.717, 1.165) is 23.6 Å². The molecule has 0 spiro atoms. The molecule has 1 N–H and O–H groups in total. The first-order valence-corrected chi connectivity index (χ1v) is 11.9. The molecule has 6 nitrogen and oxygen atoms in total. The molecule has 0 saturated heterocycles. The van der Waals surface area contributed by atoms with E-state index in [0.29, 0.717) is 11.8 Å². The summed E-state index contributed by atoms with van der Waals surface area (Å²) < 4.78 is 54.3. The van der Waals surface area contributed by atoms with Gasteiger partial charge in [0.15, 0.2) is 0 Å². The second-order valence-electron chi connectivity index (χ2n) is 7.82. The van der Waals surface area contributed by atoms with Gasteiger partial charge in [0.25, 0.3) is 0 Å². The van der Waals surface area contributed by atoms with Crippen molar-refractivity contribution in [1.29, 1.82) is 0 Å². The highest BCUT2D eigenvalue weighted by atomic mass is 32.2. The third-order valence-corrected chi connectivity index (χ3v) is 8.52. The molecule has 1 aromatic carbocycles. The minimum atomic E-state index is -3.79. The maximum atomic E-state index is 12.9. The Morgan fingerprint density at radius 2 is 1.69 bits per heavy atom. The van der Waals surface area contributed by atoms with Crippen LogP contribution in [0.5, 0.6) is 0 Å². The first-order chi connectivity index (χ1) is 11.9. The van der Waals surface area contributed by atoms with E-state index in [1.807, 2.05) is 0 Å². The van der Waals surface area contributed by atoms with Gasteiger partial charge in [-0.15, -0.1) is 0 Å². The monoisotopic (exact) mass is 402 g/mol. The van der Waals surface area contributed by atoms with Crippen LogP contribution in [-0.4, -0.2) is 41.3 Å². The van der Waals surface area contributed by atoms with Crippen molar-refractivity contribution in [3.05, 3.63) is 24.3 Å². The summed E-state index contributed by atoms with van der Waals surface area (Å²) in [6, 6.07) is 5.42. The van der Waals surface area contributed by atoms with E-state index in [1.165, 1.54) is 38.4 Å². The highest BCUT2D eigenvalue weighted by Gasteiger charge is 2.34. The van der Waals surface area contributed by atoms with E-state index in [4.69, 9.17) is 0 Å². The van der Waals surface area contributed by atoms with Gasteiger partial charge in [0.2, 0.25) is 20.0 Å². The van der Waals surface area contributed by atoms with Crippen LogP contribution in [0.15, 0.2) is 34.1 Å². The largest absolute Gasteiger partial charge is 0.242 e. The SMILES string of the molecule is CC(C)[C@H]1CC[C@H](C)C[C@@H]1NS(=O)(=O)c1cccc(S(=O)(=O)N(C)C)c1. The summed E-state index contributed by atoms with van der Waals surface area (Å²) in [7, 11) is -4.63. The van der Waals surface area contributed by atoms with Gasteiger partial charge < -0.3 is 0 Å². The number of nitrogens with zero attached hydrogens (tertiary/aromatic N) is 1. The Kier molecular flexibility index (Phi) is 6.53. The molecule has 148 valence electrons. The summed E-state index contributed by atoms with van der Waals surface area (Å²) in [5, 5.41) is 0. The van der Waals surface area contributed by atoms with E-state index >= 15 is 0 Å². The van der Waals surface area contributed by atoms with Crippen LogP contribution in [0.4, 0.5) is 0 Å². The zero-order chi connectivity index (χ0) is 19.7. The van der Waals surface area contributed by atoms with Crippen molar-refractivity contribution in [2.45, 2.75) is 55.9 Å². The van der Waals surface area contributed by atoms with Crippen LogP contribution in [0.1, 0.15) is 40.0 Å². The van der Waals surface area contributed by atoms with E-state index in [-0.39, 0.29) is 21.8 Å². The van der Waals surface area contributed by atoms with Gasteiger partial charge in [-0.05, 0) is 48.8 Å². The van der Waals surface area contributed by atoms with Crippen molar-refractivity contribution >= 4 is 20.0 Å². The summed E-state index contributed by atoms with van der Waals surface area (Å²) in [5.74, 6) is 1.14. The lowest BCUT2D eigenvalue weighted by Gasteiger charge is -2.37. The predicted molar refractivity (Wildman–Crippen MR) is 103 cm³/mol. The fraction of sp³-hybridized carbons (Fsp3) is 0.667. The minimum absolute atomic E-state index is 0.0128. The van der Waals surface area contributed by atoms with Crippen molar-refractivity contribution < 1.29 is 16.8 Å². The van der Waals surface area contributed by atoms with Crippen molar-refractivity contribution in [2.75, 3.05) is 14.1 Å². The maximum Gasteiger partial charge on any atom is 0.242 e. The molecule has 8 heteroatoms. The Balaban J connectivity index is 2.33. The van der Waals surface area contributed by atoms with Crippen LogP contribution in [0.2, 0.25) is 0 Å². The number of sulfonamides is 2. The minimum Gasteiger partial charge on any atom is -0.208 e. The molecule has 3 atom stereocenters. The van der Waals surface area contributed by atoms with Crippen molar-refractivity contribution in [1.82, 2.24) is 9.03 Å².